The van der Waals surface area contributed by atoms with Crippen LogP contribution in [0.3, 0.4) is 0 Å². The number of halogens is 2. The molecule has 19 nitrogen and oxygen atoms in total. The highest BCUT2D eigenvalue weighted by atomic mass is 32.1. The Morgan fingerprint density at radius 2 is 1.64 bits per heavy atom. The molecule has 0 saturated carbocycles. The van der Waals surface area contributed by atoms with E-state index in [0.717, 1.165) is 40.3 Å². The van der Waals surface area contributed by atoms with Gasteiger partial charge in [-0.25, -0.2) is 9.37 Å². The molecule has 0 fully saturated rings. The molecule has 5 N–H and O–H groups in total. The fraction of sp³-hybridized carbons (Fsp3) is 0.455. The van der Waals surface area contributed by atoms with Crippen molar-refractivity contribution in [2.45, 2.75) is 110 Å². The molecule has 2 aromatic heterocycles. The minimum atomic E-state index is -1.43. The first kappa shape index (κ1) is 64.4. The van der Waals surface area contributed by atoms with Crippen molar-refractivity contribution in [3.8, 4) is 11.4 Å². The predicted molar refractivity (Wildman–Crippen MR) is 291 cm³/mol. The van der Waals surface area contributed by atoms with Crippen molar-refractivity contribution in [3.63, 3.8) is 0 Å². The molecular weight excluding hydrogens is 1020 g/mol. The number of aromatic nitrogens is 2. The average molecular weight is 1090 g/mol. The van der Waals surface area contributed by atoms with Gasteiger partial charge < -0.3 is 55.0 Å². The summed E-state index contributed by atoms with van der Waals surface area (Å²) in [5, 5.41) is 21.9. The number of carbonyl (C=O) groups is 8. The van der Waals surface area contributed by atoms with Crippen molar-refractivity contribution in [1.29, 1.82) is 0 Å². The van der Waals surface area contributed by atoms with Gasteiger partial charge in [0.05, 0.1) is 55.2 Å². The number of hydrogen-bond acceptors (Lipinski definition) is 15. The van der Waals surface area contributed by atoms with Crippen LogP contribution < -0.4 is 26.8 Å². The van der Waals surface area contributed by atoms with Gasteiger partial charge in [-0.05, 0) is 100 Å². The number of imide groups is 1. The highest BCUT2D eigenvalue weighted by Crippen LogP contribution is 2.46. The summed E-state index contributed by atoms with van der Waals surface area (Å²) in [6.07, 6.45) is 7.76. The molecule has 4 heterocycles. The summed E-state index contributed by atoms with van der Waals surface area (Å²) in [4.78, 5) is 111. The van der Waals surface area contributed by atoms with Crippen LogP contribution in [0.5, 0.6) is 0 Å². The van der Waals surface area contributed by atoms with Gasteiger partial charge in [0.25, 0.3) is 17.4 Å². The molecule has 418 valence electrons. The highest BCUT2D eigenvalue weighted by molar-refractivity contribution is 7.74. The van der Waals surface area contributed by atoms with Gasteiger partial charge in [-0.3, -0.25) is 33.7 Å². The van der Waals surface area contributed by atoms with Crippen molar-refractivity contribution < 1.29 is 56.5 Å². The maximum atomic E-state index is 15.0. The average Bonchev–Trinajstić information content (AvgIpc) is 4.11. The number of fused-ring (bicyclic) bond motifs is 4. The standard InChI is InChI=1S/C29H33FN4O5.C12H16N2O4.C12H16N2O2.C2H6.FHS/c1-5-6-17-18(23(36)13-35)9-22-28-19(11-34(22)29(17)38)27-24(39-14-31-25(37)12-33(3)4)8-7-16-15(2)20(30)10-21(32-28)26(16)27;15-9-7-13-10(16)4-2-1-3-8-14-11(17)5-6-12(14)18;1-13-8-12(16)14-11(9-15)7-10-5-3-2-4-6-10;2*1-2/h9-10,13,23-24,36H,5-8,11-12,14H2,1-4H3,(H,31,37);5-6,9H,1-4,7-8H2,(H,13,16);2-6,9,11,13H,7-8H2,1H3,(H,14,16);1-2H3;2H. The lowest BCUT2D eigenvalue weighted by Gasteiger charge is -2.29. The summed E-state index contributed by atoms with van der Waals surface area (Å²) >= 11 is 2.03. The first-order valence-corrected chi connectivity index (χ1v) is 25.8. The minimum Gasteiger partial charge on any atom is -0.381 e. The molecule has 0 saturated heterocycles. The van der Waals surface area contributed by atoms with E-state index in [1.165, 1.54) is 23.1 Å². The van der Waals surface area contributed by atoms with E-state index in [2.05, 4.69) is 21.3 Å². The number of aryl methyl sites for hydroxylation is 1. The number of unbranched alkanes of at least 4 members (excludes halogenated alkanes) is 2. The zero-order valence-electron chi connectivity index (χ0n) is 44.8. The molecule has 4 aromatic rings. The summed E-state index contributed by atoms with van der Waals surface area (Å²) in [5.41, 5.74) is 5.99. The summed E-state index contributed by atoms with van der Waals surface area (Å²) in [5.74, 6) is -1.39. The molecule has 77 heavy (non-hydrogen) atoms. The van der Waals surface area contributed by atoms with Crippen LogP contribution in [0.2, 0.25) is 0 Å². The normalized spacial score (nSPS) is 14.2. The Hall–Kier alpha value is -6.85. The van der Waals surface area contributed by atoms with Crippen LogP contribution in [-0.4, -0.2) is 133 Å². The van der Waals surface area contributed by atoms with E-state index in [9.17, 15) is 56.5 Å². The second-order valence-electron chi connectivity index (χ2n) is 18.0. The Morgan fingerprint density at radius 3 is 2.25 bits per heavy atom. The highest BCUT2D eigenvalue weighted by Gasteiger charge is 2.35. The molecule has 3 unspecified atom stereocenters. The van der Waals surface area contributed by atoms with E-state index in [1.54, 1.807) is 29.5 Å². The summed E-state index contributed by atoms with van der Waals surface area (Å²) in [7, 11) is 5.30. The minimum absolute atomic E-state index is 0.00859. The van der Waals surface area contributed by atoms with Crippen LogP contribution in [0.15, 0.2) is 59.4 Å². The van der Waals surface area contributed by atoms with Crippen molar-refractivity contribution in [2.24, 2.45) is 0 Å². The quantitative estimate of drug-likeness (QED) is 0.0174. The van der Waals surface area contributed by atoms with E-state index in [0.29, 0.717) is 98.5 Å². The first-order chi connectivity index (χ1) is 37.1. The fourth-order valence-corrected chi connectivity index (χ4v) is 8.94. The Balaban J connectivity index is 0.000000341. The monoisotopic (exact) mass is 1090 g/mol. The summed E-state index contributed by atoms with van der Waals surface area (Å²) in [6.45, 7) is 8.83. The number of carbonyl (C=O) groups excluding carboxylic acids is 8. The molecule has 2 aliphatic heterocycles. The first-order valence-electron chi connectivity index (χ1n) is 25.5. The predicted octanol–water partition coefficient (Wildman–Crippen LogP) is 4.44. The number of aliphatic hydroxyl groups excluding tert-OH is 1. The van der Waals surface area contributed by atoms with E-state index >= 15 is 0 Å². The smallest absolute Gasteiger partial charge is 0.254 e. The van der Waals surface area contributed by atoms with Gasteiger partial charge in [0, 0.05) is 60.7 Å². The number of rotatable bonds is 23. The van der Waals surface area contributed by atoms with Gasteiger partial charge in [-0.15, -0.1) is 0 Å². The fourth-order valence-electron chi connectivity index (χ4n) is 8.94. The van der Waals surface area contributed by atoms with Crippen LogP contribution in [0, 0.1) is 12.7 Å². The van der Waals surface area contributed by atoms with Crippen LogP contribution in [-0.2, 0) is 68.9 Å². The molecule has 2 aromatic carbocycles. The van der Waals surface area contributed by atoms with Gasteiger partial charge in [0.1, 0.15) is 31.2 Å². The van der Waals surface area contributed by atoms with Gasteiger partial charge >= 0.3 is 0 Å². The maximum absolute atomic E-state index is 15.0. The lowest BCUT2D eigenvalue weighted by Crippen LogP contribution is -2.41. The van der Waals surface area contributed by atoms with Gasteiger partial charge in [-0.2, -0.15) is 3.89 Å². The SMILES string of the molecule is CC.CCCc1c(C(O)C=O)cc2n(c1=O)Cc1c-2nc2cc(F)c(C)c3c2c1C(OCNC(=O)CN(C)C)CC3.CNCC(=O)NC(C=O)Cc1ccccc1.FS.O=CCNC(=O)CCCCCN1C(=O)C=CC1=O. The van der Waals surface area contributed by atoms with Gasteiger partial charge in [-0.1, -0.05) is 63.9 Å². The molecule has 1 aliphatic carbocycles. The third-order valence-corrected chi connectivity index (χ3v) is 12.4. The molecular formula is C55H72F2N8O11S. The molecule has 3 aliphatic rings. The lowest BCUT2D eigenvalue weighted by molar-refractivity contribution is -0.137. The second kappa shape index (κ2) is 33.3. The van der Waals surface area contributed by atoms with Gasteiger partial charge in [0.15, 0.2) is 6.29 Å². The number of hydrogen-bond donors (Lipinski definition) is 6. The van der Waals surface area contributed by atoms with Crippen molar-refractivity contribution >= 4 is 72.3 Å². The number of aldehydes is 3. The largest absolute Gasteiger partial charge is 0.381 e. The van der Waals surface area contributed by atoms with Crippen LogP contribution in [0.25, 0.3) is 22.3 Å². The zero-order chi connectivity index (χ0) is 57.2. The van der Waals surface area contributed by atoms with Crippen molar-refractivity contribution in [2.75, 3.05) is 54.1 Å². The number of nitrogens with one attached hydrogen (secondary N) is 4. The number of ether oxygens (including phenoxy) is 1. The number of amides is 5. The Bertz CT molecular complexity index is 2760. The van der Waals surface area contributed by atoms with Crippen molar-refractivity contribution in [1.82, 2.24) is 40.6 Å². The van der Waals surface area contributed by atoms with E-state index < -0.39 is 18.2 Å². The lowest BCUT2D eigenvalue weighted by atomic mass is 9.83. The molecule has 22 heteroatoms. The molecule has 0 bridgehead atoms. The number of pyridine rings is 2. The van der Waals surface area contributed by atoms with Gasteiger partial charge in [0.2, 0.25) is 17.7 Å². The number of aliphatic hydroxyl groups is 1. The van der Waals surface area contributed by atoms with E-state index in [4.69, 9.17) is 9.72 Å². The number of likely N-dealkylation sites (N-methyl/N-ethyl adjacent to an activating group) is 2. The Morgan fingerprint density at radius 1 is 0.948 bits per heavy atom. The maximum Gasteiger partial charge on any atom is 0.254 e. The number of benzene rings is 2. The summed E-state index contributed by atoms with van der Waals surface area (Å²) in [6, 6.07) is 12.2. The molecule has 7 rings (SSSR count). The second-order valence-corrected chi connectivity index (χ2v) is 18.0. The molecule has 3 atom stereocenters. The van der Waals surface area contributed by atoms with E-state index in [1.807, 2.05) is 78.2 Å². The zero-order valence-corrected chi connectivity index (χ0v) is 45.7. The molecule has 5 amide bonds. The number of nitrogens with zero attached hydrogens (tertiary/aromatic N) is 4. The van der Waals surface area contributed by atoms with Crippen LogP contribution >= 0.6 is 13.0 Å². The Labute approximate surface area is 453 Å². The molecule has 0 radical (unpaired) electrons. The van der Waals surface area contributed by atoms with Crippen LogP contribution in [0.4, 0.5) is 8.28 Å². The third kappa shape index (κ3) is 18.1. The topological polar surface area (TPSA) is 256 Å². The summed E-state index contributed by atoms with van der Waals surface area (Å²) < 4.78 is 32.0. The Kier molecular flexibility index (Phi) is 27.9. The number of thiol groups is 1. The van der Waals surface area contributed by atoms with E-state index in [-0.39, 0.29) is 79.4 Å². The molecule has 0 spiro atoms. The van der Waals surface area contributed by atoms with Crippen molar-refractivity contribution in [3.05, 3.63) is 110 Å². The van der Waals surface area contributed by atoms with Crippen LogP contribution in [0.1, 0.15) is 110 Å². The third-order valence-electron chi connectivity index (χ3n) is 12.4.